The molecule has 0 radical (unpaired) electrons. The van der Waals surface area contributed by atoms with Crippen LogP contribution in [0.25, 0.3) is 0 Å². The van der Waals surface area contributed by atoms with E-state index in [4.69, 9.17) is 0 Å². The summed E-state index contributed by atoms with van der Waals surface area (Å²) in [5, 5.41) is 20.4. The Morgan fingerprint density at radius 3 is 2.79 bits per heavy atom. The fourth-order valence-corrected chi connectivity index (χ4v) is 2.69. The highest BCUT2D eigenvalue weighted by Crippen LogP contribution is 2.32. The molecule has 1 aliphatic carbocycles. The van der Waals surface area contributed by atoms with Gasteiger partial charge in [0.15, 0.2) is 0 Å². The van der Waals surface area contributed by atoms with Crippen molar-refractivity contribution >= 4 is 11.5 Å². The van der Waals surface area contributed by atoms with Gasteiger partial charge in [0, 0.05) is 24.8 Å². The average Bonchev–Trinajstić information content (AvgIpc) is 2.90. The van der Waals surface area contributed by atoms with Gasteiger partial charge in [-0.1, -0.05) is 12.8 Å². The smallest absolute Gasteiger partial charge is 0.311 e. The molecule has 1 saturated carbocycles. The second-order valence-corrected chi connectivity index (χ2v) is 4.97. The first-order chi connectivity index (χ1) is 9.13. The second kappa shape index (κ2) is 5.97. The summed E-state index contributed by atoms with van der Waals surface area (Å²) in [6, 6.07) is 1.79. The summed E-state index contributed by atoms with van der Waals surface area (Å²) >= 11 is 0. The molecule has 6 nitrogen and oxygen atoms in total. The molecule has 1 heterocycles. The van der Waals surface area contributed by atoms with Crippen molar-refractivity contribution in [3.63, 3.8) is 0 Å². The van der Waals surface area contributed by atoms with Crippen LogP contribution in [-0.2, 0) is 0 Å². The minimum absolute atomic E-state index is 0.0246. The van der Waals surface area contributed by atoms with Crippen LogP contribution in [0.2, 0.25) is 0 Å². The van der Waals surface area contributed by atoms with Crippen molar-refractivity contribution in [2.75, 3.05) is 18.1 Å². The number of hydrogen-bond donors (Lipinski definition) is 1. The molecule has 1 aliphatic rings. The highest BCUT2D eigenvalue weighted by Gasteiger charge is 2.28. The fraction of sp³-hybridized carbons (Fsp3) is 0.615. The Hall–Kier alpha value is -1.69. The lowest BCUT2D eigenvalue weighted by Gasteiger charge is -2.29. The zero-order valence-electron chi connectivity index (χ0n) is 11.1. The van der Waals surface area contributed by atoms with Crippen LogP contribution in [0.5, 0.6) is 0 Å². The van der Waals surface area contributed by atoms with Crippen molar-refractivity contribution in [1.82, 2.24) is 4.98 Å². The summed E-state index contributed by atoms with van der Waals surface area (Å²) < 4.78 is 0. The molecule has 0 aliphatic heterocycles. The molecule has 0 amide bonds. The molecule has 1 N–H and O–H groups in total. The van der Waals surface area contributed by atoms with E-state index in [1.807, 2.05) is 4.90 Å². The lowest BCUT2D eigenvalue weighted by Crippen LogP contribution is -2.36. The van der Waals surface area contributed by atoms with E-state index in [9.17, 15) is 15.2 Å². The first-order valence-corrected chi connectivity index (χ1v) is 6.62. The number of pyridine rings is 1. The zero-order valence-corrected chi connectivity index (χ0v) is 11.1. The van der Waals surface area contributed by atoms with Crippen molar-refractivity contribution in [3.05, 3.63) is 27.9 Å². The van der Waals surface area contributed by atoms with Crippen molar-refractivity contribution in [3.8, 4) is 0 Å². The van der Waals surface area contributed by atoms with E-state index in [1.165, 1.54) is 0 Å². The number of nitro groups is 1. The van der Waals surface area contributed by atoms with Gasteiger partial charge in [0.05, 0.1) is 11.5 Å². The molecular weight excluding hydrogens is 246 g/mol. The molecular formula is C13H19N3O3. The van der Waals surface area contributed by atoms with E-state index >= 15 is 0 Å². The van der Waals surface area contributed by atoms with E-state index in [0.717, 1.165) is 31.2 Å². The van der Waals surface area contributed by atoms with Gasteiger partial charge in [0.1, 0.15) is 0 Å². The molecule has 0 bridgehead atoms. The van der Waals surface area contributed by atoms with Gasteiger partial charge in [0.25, 0.3) is 0 Å². The number of anilines is 1. The molecule has 0 aromatic carbocycles. The van der Waals surface area contributed by atoms with Crippen LogP contribution >= 0.6 is 0 Å². The van der Waals surface area contributed by atoms with Gasteiger partial charge >= 0.3 is 5.69 Å². The van der Waals surface area contributed by atoms with Crippen LogP contribution < -0.4 is 4.90 Å². The summed E-state index contributed by atoms with van der Waals surface area (Å²) in [4.78, 5) is 16.9. The van der Waals surface area contributed by atoms with Crippen LogP contribution in [0.15, 0.2) is 12.3 Å². The van der Waals surface area contributed by atoms with Crippen molar-refractivity contribution in [2.45, 2.75) is 38.6 Å². The lowest BCUT2D eigenvalue weighted by atomic mass is 10.2. The maximum atomic E-state index is 11.2. The molecule has 19 heavy (non-hydrogen) atoms. The third kappa shape index (κ3) is 3.01. The van der Waals surface area contributed by atoms with Gasteiger partial charge in [-0.25, -0.2) is 4.98 Å². The topological polar surface area (TPSA) is 79.5 Å². The average molecular weight is 265 g/mol. The number of aliphatic hydroxyl groups is 1. The lowest BCUT2D eigenvalue weighted by molar-refractivity contribution is -0.384. The number of rotatable bonds is 5. The van der Waals surface area contributed by atoms with E-state index in [1.54, 1.807) is 19.2 Å². The van der Waals surface area contributed by atoms with Crippen LogP contribution in [0.4, 0.5) is 11.5 Å². The Balaban J connectivity index is 2.37. The highest BCUT2D eigenvalue weighted by atomic mass is 16.6. The minimum Gasteiger partial charge on any atom is -0.395 e. The third-order valence-corrected chi connectivity index (χ3v) is 3.56. The largest absolute Gasteiger partial charge is 0.395 e. The number of aryl methyl sites for hydroxylation is 1. The van der Waals surface area contributed by atoms with E-state index in [-0.39, 0.29) is 18.3 Å². The third-order valence-electron chi connectivity index (χ3n) is 3.56. The van der Waals surface area contributed by atoms with E-state index in [0.29, 0.717) is 12.4 Å². The highest BCUT2D eigenvalue weighted by molar-refractivity contribution is 5.59. The Bertz CT molecular complexity index is 458. The Morgan fingerprint density at radius 1 is 1.53 bits per heavy atom. The van der Waals surface area contributed by atoms with Crippen LogP contribution in [0.1, 0.15) is 31.2 Å². The number of hydrogen-bond acceptors (Lipinski definition) is 5. The van der Waals surface area contributed by atoms with Crippen molar-refractivity contribution < 1.29 is 10.0 Å². The minimum atomic E-state index is -0.394. The maximum Gasteiger partial charge on any atom is 0.311 e. The monoisotopic (exact) mass is 265 g/mol. The Kier molecular flexibility index (Phi) is 4.31. The van der Waals surface area contributed by atoms with Crippen LogP contribution in [-0.4, -0.2) is 34.2 Å². The summed E-state index contributed by atoms with van der Waals surface area (Å²) in [6.45, 7) is 2.15. The molecule has 0 unspecified atom stereocenters. The first-order valence-electron chi connectivity index (χ1n) is 6.62. The SMILES string of the molecule is Cc1cnc(N(CCO)C2CCCC2)c([N+](=O)[O-])c1. The summed E-state index contributed by atoms with van der Waals surface area (Å²) in [5.41, 5.74) is 0.797. The molecule has 1 aromatic rings. The maximum absolute atomic E-state index is 11.2. The predicted octanol–water partition coefficient (Wildman–Crippen LogP) is 2.04. The normalized spacial score (nSPS) is 15.7. The molecule has 1 aromatic heterocycles. The molecule has 6 heteroatoms. The second-order valence-electron chi connectivity index (χ2n) is 4.97. The van der Waals surface area contributed by atoms with Crippen LogP contribution in [0.3, 0.4) is 0 Å². The van der Waals surface area contributed by atoms with Gasteiger partial charge in [0.2, 0.25) is 5.82 Å². The predicted molar refractivity (Wildman–Crippen MR) is 72.3 cm³/mol. The Labute approximate surface area is 112 Å². The molecule has 0 atom stereocenters. The van der Waals surface area contributed by atoms with Gasteiger partial charge in [-0.15, -0.1) is 0 Å². The molecule has 104 valence electrons. The molecule has 0 spiro atoms. The van der Waals surface area contributed by atoms with Crippen molar-refractivity contribution in [2.24, 2.45) is 0 Å². The van der Waals surface area contributed by atoms with Gasteiger partial charge in [-0.05, 0) is 25.3 Å². The first kappa shape index (κ1) is 13.7. The number of aliphatic hydroxyl groups excluding tert-OH is 1. The molecule has 2 rings (SSSR count). The number of nitrogens with zero attached hydrogens (tertiary/aromatic N) is 3. The summed E-state index contributed by atoms with van der Waals surface area (Å²) in [7, 11) is 0. The van der Waals surface area contributed by atoms with Gasteiger partial charge < -0.3 is 10.0 Å². The summed E-state index contributed by atoms with van der Waals surface area (Å²) in [5.74, 6) is 0.386. The Morgan fingerprint density at radius 2 is 2.21 bits per heavy atom. The zero-order chi connectivity index (χ0) is 13.8. The van der Waals surface area contributed by atoms with E-state index in [2.05, 4.69) is 4.98 Å². The van der Waals surface area contributed by atoms with Gasteiger partial charge in [-0.3, -0.25) is 10.1 Å². The number of aromatic nitrogens is 1. The standard InChI is InChI=1S/C13H19N3O3/c1-10-8-12(16(18)19)13(14-9-10)15(6-7-17)11-4-2-3-5-11/h8-9,11,17H,2-7H2,1H3. The summed E-state index contributed by atoms with van der Waals surface area (Å²) in [6.07, 6.45) is 5.92. The van der Waals surface area contributed by atoms with Crippen LogP contribution in [0, 0.1) is 17.0 Å². The van der Waals surface area contributed by atoms with E-state index < -0.39 is 4.92 Å². The fourth-order valence-electron chi connectivity index (χ4n) is 2.69. The molecule has 0 saturated heterocycles. The quantitative estimate of drug-likeness (QED) is 0.651. The van der Waals surface area contributed by atoms with Crippen molar-refractivity contribution in [1.29, 1.82) is 0 Å². The van der Waals surface area contributed by atoms with Gasteiger partial charge in [-0.2, -0.15) is 0 Å². The molecule has 1 fully saturated rings.